The number of piperidine rings is 1. The fraction of sp³-hybridized carbons (Fsp3) is 0.364. The number of hydrogen-bond acceptors (Lipinski definition) is 3. The molecular weight excluding hydrogens is 324 g/mol. The van der Waals surface area contributed by atoms with E-state index in [4.69, 9.17) is 10.00 Å². The second kappa shape index (κ2) is 7.61. The molecule has 1 fully saturated rings. The molecule has 0 N–H and O–H groups in total. The fourth-order valence-electron chi connectivity index (χ4n) is 3.59. The van der Waals surface area contributed by atoms with E-state index in [1.54, 1.807) is 7.11 Å². The summed E-state index contributed by atoms with van der Waals surface area (Å²) in [4.78, 5) is 14.7. The second-order valence-electron chi connectivity index (χ2n) is 6.94. The minimum atomic E-state index is -0.0534. The molecule has 1 atom stereocenters. The zero-order valence-corrected chi connectivity index (χ0v) is 15.6. The number of carbonyl (C=O) groups is 1. The van der Waals surface area contributed by atoms with Gasteiger partial charge >= 0.3 is 0 Å². The van der Waals surface area contributed by atoms with Gasteiger partial charge < -0.3 is 9.64 Å². The van der Waals surface area contributed by atoms with E-state index in [1.165, 1.54) is 0 Å². The van der Waals surface area contributed by atoms with Gasteiger partial charge in [0, 0.05) is 18.7 Å². The first-order valence-electron chi connectivity index (χ1n) is 8.98. The lowest BCUT2D eigenvalue weighted by molar-refractivity contribution is 0.0699. The zero-order valence-electron chi connectivity index (χ0n) is 15.6. The highest BCUT2D eigenvalue weighted by Crippen LogP contribution is 2.31. The van der Waals surface area contributed by atoms with Crippen molar-refractivity contribution in [1.82, 2.24) is 4.90 Å². The molecule has 1 aliphatic rings. The fourth-order valence-corrected chi connectivity index (χ4v) is 3.59. The first-order chi connectivity index (χ1) is 12.5. The number of amides is 1. The van der Waals surface area contributed by atoms with Crippen LogP contribution in [0.25, 0.3) is 11.1 Å². The molecule has 1 aliphatic heterocycles. The van der Waals surface area contributed by atoms with E-state index in [-0.39, 0.29) is 11.8 Å². The van der Waals surface area contributed by atoms with Gasteiger partial charge in [0.25, 0.3) is 5.91 Å². The van der Waals surface area contributed by atoms with Gasteiger partial charge in [0.1, 0.15) is 5.75 Å². The summed E-state index contributed by atoms with van der Waals surface area (Å²) < 4.78 is 5.39. The van der Waals surface area contributed by atoms with Gasteiger partial charge in [0.15, 0.2) is 0 Å². The summed E-state index contributed by atoms with van der Waals surface area (Å²) in [6.07, 6.45) is 1.77. The normalized spacial score (nSPS) is 16.8. The van der Waals surface area contributed by atoms with E-state index in [9.17, 15) is 4.79 Å². The molecule has 4 heteroatoms. The second-order valence-corrected chi connectivity index (χ2v) is 6.94. The van der Waals surface area contributed by atoms with E-state index in [2.05, 4.69) is 12.1 Å². The van der Waals surface area contributed by atoms with Crippen LogP contribution in [-0.2, 0) is 0 Å². The number of rotatable bonds is 3. The number of ether oxygens (including phenoxy) is 1. The summed E-state index contributed by atoms with van der Waals surface area (Å²) in [6.45, 7) is 5.32. The predicted molar refractivity (Wildman–Crippen MR) is 102 cm³/mol. The van der Waals surface area contributed by atoms with Crippen LogP contribution in [-0.4, -0.2) is 31.0 Å². The monoisotopic (exact) mass is 348 g/mol. The van der Waals surface area contributed by atoms with Crippen LogP contribution in [0, 0.1) is 31.1 Å². The molecule has 0 aromatic heterocycles. The van der Waals surface area contributed by atoms with E-state index < -0.39 is 0 Å². The van der Waals surface area contributed by atoms with Crippen LogP contribution in [0.3, 0.4) is 0 Å². The van der Waals surface area contributed by atoms with Crippen LogP contribution in [0.4, 0.5) is 0 Å². The number of nitrogens with zero attached hydrogens (tertiary/aromatic N) is 2. The van der Waals surface area contributed by atoms with Crippen molar-refractivity contribution in [1.29, 1.82) is 5.26 Å². The van der Waals surface area contributed by atoms with E-state index in [0.29, 0.717) is 12.1 Å². The summed E-state index contributed by atoms with van der Waals surface area (Å²) >= 11 is 0. The largest absolute Gasteiger partial charge is 0.496 e. The maximum Gasteiger partial charge on any atom is 0.253 e. The van der Waals surface area contributed by atoms with Crippen LogP contribution in [0.1, 0.15) is 34.3 Å². The lowest BCUT2D eigenvalue weighted by Gasteiger charge is -2.29. The third-order valence-corrected chi connectivity index (χ3v) is 5.05. The van der Waals surface area contributed by atoms with E-state index in [0.717, 1.165) is 47.4 Å². The van der Waals surface area contributed by atoms with Crippen LogP contribution in [0.2, 0.25) is 0 Å². The van der Waals surface area contributed by atoms with Crippen LogP contribution >= 0.6 is 0 Å². The number of benzene rings is 2. The third kappa shape index (κ3) is 3.57. The minimum Gasteiger partial charge on any atom is -0.496 e. The highest BCUT2D eigenvalue weighted by Gasteiger charge is 2.24. The van der Waals surface area contributed by atoms with Crippen molar-refractivity contribution in [3.05, 3.63) is 53.1 Å². The molecule has 26 heavy (non-hydrogen) atoms. The van der Waals surface area contributed by atoms with Gasteiger partial charge in [-0.15, -0.1) is 0 Å². The molecule has 0 bridgehead atoms. The van der Waals surface area contributed by atoms with Gasteiger partial charge in [-0.1, -0.05) is 12.1 Å². The highest BCUT2D eigenvalue weighted by molar-refractivity contribution is 5.95. The lowest BCUT2D eigenvalue weighted by atomic mass is 9.95. The number of carbonyl (C=O) groups excluding carboxylic acids is 1. The van der Waals surface area contributed by atoms with Gasteiger partial charge in [-0.3, -0.25) is 4.79 Å². The Hall–Kier alpha value is -2.80. The molecule has 1 unspecified atom stereocenters. The first kappa shape index (κ1) is 18.0. The summed E-state index contributed by atoms with van der Waals surface area (Å²) in [6, 6.07) is 14.2. The number of likely N-dealkylation sites (tertiary alicyclic amines) is 1. The Bertz CT molecular complexity index is 867. The maximum atomic E-state index is 12.9. The number of methoxy groups -OCH3 is 1. The first-order valence-corrected chi connectivity index (χ1v) is 8.98. The highest BCUT2D eigenvalue weighted by atomic mass is 16.5. The Balaban J connectivity index is 1.90. The Morgan fingerprint density at radius 2 is 2.04 bits per heavy atom. The quantitative estimate of drug-likeness (QED) is 0.828. The summed E-state index contributed by atoms with van der Waals surface area (Å²) in [5.74, 6) is 0.825. The SMILES string of the molecule is COc1cc(C)c(-c2cccc(C(=O)N3CCCC(C#N)C3)c2)cc1C. The molecular formula is C22H24N2O2. The topological polar surface area (TPSA) is 53.3 Å². The molecule has 2 aromatic carbocycles. The average Bonchev–Trinajstić information content (AvgIpc) is 2.68. The molecule has 3 rings (SSSR count). The van der Waals surface area contributed by atoms with Crippen molar-refractivity contribution < 1.29 is 9.53 Å². The summed E-state index contributed by atoms with van der Waals surface area (Å²) in [7, 11) is 1.67. The number of nitriles is 1. The van der Waals surface area contributed by atoms with Crippen molar-refractivity contribution in [2.24, 2.45) is 5.92 Å². The summed E-state index contributed by atoms with van der Waals surface area (Å²) in [5.41, 5.74) is 4.98. The van der Waals surface area contributed by atoms with Crippen molar-refractivity contribution in [3.8, 4) is 22.9 Å². The molecule has 134 valence electrons. The van der Waals surface area contributed by atoms with Crippen LogP contribution < -0.4 is 4.74 Å². The molecule has 0 spiro atoms. The van der Waals surface area contributed by atoms with Gasteiger partial charge in [-0.2, -0.15) is 5.26 Å². The van der Waals surface area contributed by atoms with Gasteiger partial charge in [-0.05, 0) is 73.2 Å². The van der Waals surface area contributed by atoms with Crippen molar-refractivity contribution in [3.63, 3.8) is 0 Å². The maximum absolute atomic E-state index is 12.9. The average molecular weight is 348 g/mol. The molecule has 2 aromatic rings. The molecule has 0 saturated carbocycles. The smallest absolute Gasteiger partial charge is 0.253 e. The Kier molecular flexibility index (Phi) is 5.27. The molecule has 0 radical (unpaired) electrons. The standard InChI is InChI=1S/C22H24N2O2/c1-15-11-21(26-3)16(2)10-20(15)18-7-4-8-19(12-18)22(25)24-9-5-6-17(13-23)14-24/h4,7-8,10-12,17H,5-6,9,14H2,1-3H3. The zero-order chi connectivity index (χ0) is 18.7. The lowest BCUT2D eigenvalue weighted by Crippen LogP contribution is -2.39. The van der Waals surface area contributed by atoms with Gasteiger partial charge in [0.05, 0.1) is 19.1 Å². The van der Waals surface area contributed by atoms with E-state index >= 15 is 0 Å². The van der Waals surface area contributed by atoms with Gasteiger partial charge in [0.2, 0.25) is 0 Å². The van der Waals surface area contributed by atoms with Gasteiger partial charge in [-0.25, -0.2) is 0 Å². The Morgan fingerprint density at radius 3 is 2.77 bits per heavy atom. The van der Waals surface area contributed by atoms with Crippen LogP contribution in [0.5, 0.6) is 5.75 Å². The summed E-state index contributed by atoms with van der Waals surface area (Å²) in [5, 5.41) is 9.15. The molecule has 1 saturated heterocycles. The van der Waals surface area contributed by atoms with E-state index in [1.807, 2.05) is 49.1 Å². The molecule has 0 aliphatic carbocycles. The minimum absolute atomic E-state index is 0.00897. The van der Waals surface area contributed by atoms with Crippen molar-refractivity contribution >= 4 is 5.91 Å². The predicted octanol–water partition coefficient (Wildman–Crippen LogP) is 4.35. The van der Waals surface area contributed by atoms with Crippen molar-refractivity contribution in [2.45, 2.75) is 26.7 Å². The third-order valence-electron chi connectivity index (χ3n) is 5.05. The molecule has 1 heterocycles. The van der Waals surface area contributed by atoms with Crippen molar-refractivity contribution in [2.75, 3.05) is 20.2 Å². The Morgan fingerprint density at radius 1 is 1.23 bits per heavy atom. The molecule has 1 amide bonds. The number of hydrogen-bond donors (Lipinski definition) is 0. The Labute approximate surface area is 155 Å². The number of aryl methyl sites for hydroxylation is 2. The van der Waals surface area contributed by atoms with Crippen LogP contribution in [0.15, 0.2) is 36.4 Å². The molecule has 4 nitrogen and oxygen atoms in total.